The van der Waals surface area contributed by atoms with Gasteiger partial charge in [0.25, 0.3) is 0 Å². The quantitative estimate of drug-likeness (QED) is 0.561. The van der Waals surface area contributed by atoms with E-state index in [1.165, 1.54) is 61.0 Å². The zero-order valence-electron chi connectivity index (χ0n) is 7.19. The monoisotopic (exact) mass is 158 g/mol. The Bertz CT molecular complexity index is 268. The van der Waals surface area contributed by atoms with Crippen LogP contribution >= 0.6 is 0 Å². The Balaban J connectivity index is 2.18. The molecule has 1 aromatic heterocycles. The van der Waals surface area contributed by atoms with Gasteiger partial charge >= 0.3 is 0 Å². The average Bonchev–Trinajstić information content (AvgIpc) is 2.64. The lowest BCUT2D eigenvalue weighted by Gasteiger charge is -2.01. The number of nitrogens with zero attached hydrogens (tertiary/aromatic N) is 1. The summed E-state index contributed by atoms with van der Waals surface area (Å²) in [6.07, 6.45) is 7.41. The van der Waals surface area contributed by atoms with Crippen molar-refractivity contribution in [2.24, 2.45) is 0 Å². The van der Waals surface area contributed by atoms with Crippen LogP contribution in [0.25, 0.3) is 0 Å². The van der Waals surface area contributed by atoms with Crippen LogP contribution in [0.5, 0.6) is 0 Å². The van der Waals surface area contributed by atoms with Crippen molar-refractivity contribution in [2.45, 2.75) is 38.5 Å². The van der Waals surface area contributed by atoms with E-state index in [0.717, 1.165) is 0 Å². The molecule has 0 aromatic carbocycles. The highest BCUT2D eigenvalue weighted by Gasteiger charge is 2.19. The number of hydrogen-bond acceptors (Lipinski definition) is 1. The molecule has 3 rings (SSSR count). The highest BCUT2D eigenvalue weighted by atomic mass is 14.7. The maximum atomic E-state index is 4.70. The molecule has 0 amide bonds. The predicted molar refractivity (Wildman–Crippen MR) is 47.1 cm³/mol. The fourth-order valence-corrected chi connectivity index (χ4v) is 2.32. The van der Waals surface area contributed by atoms with Gasteiger partial charge < -0.3 is 0 Å². The molecule has 2 aliphatic rings. The molecule has 0 unspecified atom stereocenters. The molecule has 1 radical (unpaired) electrons. The highest BCUT2D eigenvalue weighted by molar-refractivity contribution is 5.34. The molecule has 0 saturated carbocycles. The van der Waals surface area contributed by atoms with Gasteiger partial charge in [0.05, 0.1) is 0 Å². The standard InChI is InChI=1S/C11H12N/c1-3-8-7-9-4-2-6-11(9)12-10(8)5-1/h1-6H2. The summed E-state index contributed by atoms with van der Waals surface area (Å²) in [5.74, 6) is 0. The Morgan fingerprint density at radius 1 is 0.833 bits per heavy atom. The minimum atomic E-state index is 1.19. The zero-order valence-corrected chi connectivity index (χ0v) is 7.19. The van der Waals surface area contributed by atoms with E-state index in [1.54, 1.807) is 0 Å². The second kappa shape index (κ2) is 2.32. The van der Waals surface area contributed by atoms with Crippen LogP contribution in [0.2, 0.25) is 0 Å². The van der Waals surface area contributed by atoms with Crippen LogP contribution in [0, 0.1) is 6.07 Å². The normalized spacial score (nSPS) is 19.3. The van der Waals surface area contributed by atoms with Gasteiger partial charge in [0.2, 0.25) is 0 Å². The van der Waals surface area contributed by atoms with E-state index in [9.17, 15) is 0 Å². The van der Waals surface area contributed by atoms with E-state index < -0.39 is 0 Å². The lowest BCUT2D eigenvalue weighted by atomic mass is 10.1. The van der Waals surface area contributed by atoms with Gasteiger partial charge in [-0.15, -0.1) is 0 Å². The smallest absolute Gasteiger partial charge is 0.0445 e. The molecule has 1 heteroatoms. The largest absolute Gasteiger partial charge is 0.257 e. The molecule has 1 aromatic rings. The molecular formula is C11H12N. The van der Waals surface area contributed by atoms with E-state index in [2.05, 4.69) is 6.07 Å². The van der Waals surface area contributed by atoms with Crippen molar-refractivity contribution in [1.82, 2.24) is 4.98 Å². The molecule has 0 N–H and O–H groups in total. The molecule has 1 nitrogen and oxygen atoms in total. The van der Waals surface area contributed by atoms with Crippen LogP contribution in [0.15, 0.2) is 0 Å². The lowest BCUT2D eigenvalue weighted by molar-refractivity contribution is 0.872. The van der Waals surface area contributed by atoms with Gasteiger partial charge in [-0.3, -0.25) is 4.98 Å². The summed E-state index contributed by atoms with van der Waals surface area (Å²) in [4.78, 5) is 4.70. The summed E-state index contributed by atoms with van der Waals surface area (Å²) in [5, 5.41) is 0. The van der Waals surface area contributed by atoms with E-state index >= 15 is 0 Å². The molecule has 1 heterocycles. The van der Waals surface area contributed by atoms with E-state index in [0.29, 0.717) is 0 Å². The summed E-state index contributed by atoms with van der Waals surface area (Å²) < 4.78 is 0. The van der Waals surface area contributed by atoms with E-state index in [-0.39, 0.29) is 0 Å². The van der Waals surface area contributed by atoms with E-state index in [4.69, 9.17) is 4.98 Å². The van der Waals surface area contributed by atoms with Gasteiger partial charge in [-0.2, -0.15) is 0 Å². The molecule has 12 heavy (non-hydrogen) atoms. The minimum Gasteiger partial charge on any atom is -0.257 e. The number of pyridine rings is 1. The van der Waals surface area contributed by atoms with Crippen LogP contribution in [-0.4, -0.2) is 4.98 Å². The van der Waals surface area contributed by atoms with Gasteiger partial charge in [-0.25, -0.2) is 0 Å². The molecule has 0 atom stereocenters. The minimum absolute atomic E-state index is 1.19. The van der Waals surface area contributed by atoms with Crippen molar-refractivity contribution in [3.63, 3.8) is 0 Å². The number of rotatable bonds is 0. The van der Waals surface area contributed by atoms with Gasteiger partial charge in [0, 0.05) is 11.4 Å². The lowest BCUT2D eigenvalue weighted by Crippen LogP contribution is -1.95. The van der Waals surface area contributed by atoms with Crippen LogP contribution in [0.1, 0.15) is 35.4 Å². The summed E-state index contributed by atoms with van der Waals surface area (Å²) in [5.41, 5.74) is 5.51. The number of fused-ring (bicyclic) bond motifs is 2. The third-order valence-electron chi connectivity index (χ3n) is 2.95. The second-order valence-electron chi connectivity index (χ2n) is 3.79. The molecule has 0 bridgehead atoms. The first-order valence-electron chi connectivity index (χ1n) is 4.86. The number of hydrogen-bond donors (Lipinski definition) is 0. The molecule has 0 saturated heterocycles. The van der Waals surface area contributed by atoms with Crippen LogP contribution < -0.4 is 0 Å². The molecular weight excluding hydrogens is 146 g/mol. The second-order valence-corrected chi connectivity index (χ2v) is 3.79. The third-order valence-corrected chi connectivity index (χ3v) is 2.95. The van der Waals surface area contributed by atoms with Crippen LogP contribution in [0.3, 0.4) is 0 Å². The summed E-state index contributed by atoms with van der Waals surface area (Å²) in [7, 11) is 0. The van der Waals surface area contributed by atoms with Crippen molar-refractivity contribution in [3.05, 3.63) is 28.6 Å². The first-order chi connectivity index (χ1) is 5.93. The van der Waals surface area contributed by atoms with E-state index in [1.807, 2.05) is 0 Å². The molecule has 0 aliphatic heterocycles. The summed E-state index contributed by atoms with van der Waals surface area (Å²) in [6.45, 7) is 0. The van der Waals surface area contributed by atoms with Crippen molar-refractivity contribution in [2.75, 3.05) is 0 Å². The molecule has 2 aliphatic carbocycles. The summed E-state index contributed by atoms with van der Waals surface area (Å²) in [6, 6.07) is 3.54. The Morgan fingerprint density at radius 3 is 2.00 bits per heavy atom. The van der Waals surface area contributed by atoms with Crippen molar-refractivity contribution < 1.29 is 0 Å². The van der Waals surface area contributed by atoms with Crippen LogP contribution in [0.4, 0.5) is 0 Å². The summed E-state index contributed by atoms with van der Waals surface area (Å²) >= 11 is 0. The number of aromatic nitrogens is 1. The number of aryl methyl sites for hydroxylation is 4. The van der Waals surface area contributed by atoms with Crippen molar-refractivity contribution in [1.29, 1.82) is 0 Å². The maximum Gasteiger partial charge on any atom is 0.0445 e. The topological polar surface area (TPSA) is 12.9 Å². The van der Waals surface area contributed by atoms with Crippen LogP contribution in [-0.2, 0) is 25.7 Å². The predicted octanol–water partition coefficient (Wildman–Crippen LogP) is 1.86. The van der Waals surface area contributed by atoms with Crippen molar-refractivity contribution in [3.8, 4) is 0 Å². The highest BCUT2D eigenvalue weighted by Crippen LogP contribution is 2.26. The average molecular weight is 158 g/mol. The Labute approximate surface area is 72.8 Å². The van der Waals surface area contributed by atoms with Gasteiger partial charge in [-0.05, 0) is 55.7 Å². The Kier molecular flexibility index (Phi) is 1.28. The Morgan fingerprint density at radius 2 is 1.42 bits per heavy atom. The molecule has 0 fully saturated rings. The fourth-order valence-electron chi connectivity index (χ4n) is 2.32. The molecule has 0 spiro atoms. The zero-order chi connectivity index (χ0) is 7.97. The maximum absolute atomic E-state index is 4.70. The van der Waals surface area contributed by atoms with Gasteiger partial charge in [0.15, 0.2) is 0 Å². The first kappa shape index (κ1) is 6.64. The van der Waals surface area contributed by atoms with Gasteiger partial charge in [0.1, 0.15) is 0 Å². The van der Waals surface area contributed by atoms with Crippen molar-refractivity contribution >= 4 is 0 Å². The van der Waals surface area contributed by atoms with Gasteiger partial charge in [-0.1, -0.05) is 0 Å². The third kappa shape index (κ3) is 0.825. The molecule has 61 valence electrons. The first-order valence-corrected chi connectivity index (χ1v) is 4.86. The SMILES string of the molecule is [c]1c2c(nc3c1CCC3)CCC2. The fraction of sp³-hybridized carbons (Fsp3) is 0.545. The Hall–Kier alpha value is -0.850.